The zero-order valence-electron chi connectivity index (χ0n) is 21.0. The number of amides is 1. The third kappa shape index (κ3) is 10.5. The fourth-order valence-electron chi connectivity index (χ4n) is 4.81. The third-order valence-corrected chi connectivity index (χ3v) is 7.48. The van der Waals surface area contributed by atoms with Crippen molar-refractivity contribution in [3.05, 3.63) is 16.1 Å². The molecule has 10 heteroatoms. The largest absolute Gasteiger partial charge is 0.483 e. The smallest absolute Gasteiger partial charge is 0.290 e. The predicted octanol–water partition coefficient (Wildman–Crippen LogP) is 2.88. The SMILES string of the molecule is CC[C@@H]1CN(C2CCN(C(C)C)CC2)CC[C@@H]1NC(=O)CCc1csc(C)n1.O=CO.O=CO. The number of nitrogens with one attached hydrogen (secondary N) is 1. The Balaban J connectivity index is 0.000000872. The summed E-state index contributed by atoms with van der Waals surface area (Å²) >= 11 is 1.66. The van der Waals surface area contributed by atoms with Gasteiger partial charge in [0.1, 0.15) is 0 Å². The molecule has 0 saturated carbocycles. The van der Waals surface area contributed by atoms with E-state index >= 15 is 0 Å². The number of nitrogens with zero attached hydrogens (tertiary/aromatic N) is 3. The van der Waals surface area contributed by atoms with Gasteiger partial charge in [-0.3, -0.25) is 19.3 Å². The molecular formula is C24H42N4O5S. The lowest BCUT2D eigenvalue weighted by Crippen LogP contribution is -2.55. The highest BCUT2D eigenvalue weighted by atomic mass is 32.1. The van der Waals surface area contributed by atoms with Crippen LogP contribution in [0.4, 0.5) is 0 Å². The van der Waals surface area contributed by atoms with Crippen LogP contribution in [0.3, 0.4) is 0 Å². The molecule has 1 aromatic rings. The highest BCUT2D eigenvalue weighted by Crippen LogP contribution is 2.26. The highest BCUT2D eigenvalue weighted by molar-refractivity contribution is 7.09. The van der Waals surface area contributed by atoms with E-state index in [4.69, 9.17) is 19.8 Å². The number of hydrogen-bond acceptors (Lipinski definition) is 7. The van der Waals surface area contributed by atoms with Crippen molar-refractivity contribution in [1.82, 2.24) is 20.1 Å². The van der Waals surface area contributed by atoms with Crippen molar-refractivity contribution in [2.45, 2.75) is 84.3 Å². The Hall–Kier alpha value is -2.04. The van der Waals surface area contributed by atoms with Gasteiger partial charge < -0.3 is 20.4 Å². The van der Waals surface area contributed by atoms with Gasteiger partial charge in [0.25, 0.3) is 12.9 Å². The summed E-state index contributed by atoms with van der Waals surface area (Å²) < 4.78 is 0. The molecule has 9 nitrogen and oxygen atoms in total. The van der Waals surface area contributed by atoms with Crippen LogP contribution in [0, 0.1) is 12.8 Å². The second-order valence-electron chi connectivity index (χ2n) is 9.06. The van der Waals surface area contributed by atoms with Gasteiger partial charge in [-0.1, -0.05) is 13.3 Å². The van der Waals surface area contributed by atoms with Crippen LogP contribution in [0.2, 0.25) is 0 Å². The van der Waals surface area contributed by atoms with Gasteiger partial charge in [-0.25, -0.2) is 4.98 Å². The summed E-state index contributed by atoms with van der Waals surface area (Å²) in [7, 11) is 0. The van der Waals surface area contributed by atoms with E-state index in [0.29, 0.717) is 24.4 Å². The zero-order chi connectivity index (χ0) is 25.5. The van der Waals surface area contributed by atoms with E-state index in [1.165, 1.54) is 25.9 Å². The van der Waals surface area contributed by atoms with E-state index in [-0.39, 0.29) is 18.9 Å². The molecule has 0 radical (unpaired) electrons. The van der Waals surface area contributed by atoms with Crippen LogP contribution in [0.5, 0.6) is 0 Å². The number of carbonyl (C=O) groups is 3. The second kappa shape index (κ2) is 16.6. The van der Waals surface area contributed by atoms with Crippen molar-refractivity contribution in [2.75, 3.05) is 26.2 Å². The van der Waals surface area contributed by atoms with Gasteiger partial charge in [-0.2, -0.15) is 0 Å². The molecular weight excluding hydrogens is 456 g/mol. The minimum Gasteiger partial charge on any atom is -0.483 e. The number of carbonyl (C=O) groups excluding carboxylic acids is 1. The first kappa shape index (κ1) is 30.0. The lowest BCUT2D eigenvalue weighted by molar-refractivity contribution is -0.123. The lowest BCUT2D eigenvalue weighted by atomic mass is 9.87. The Morgan fingerprint density at radius 3 is 2.32 bits per heavy atom. The van der Waals surface area contributed by atoms with Crippen molar-refractivity contribution in [3.8, 4) is 0 Å². The number of piperidine rings is 2. The van der Waals surface area contributed by atoms with Crippen LogP contribution in [0.15, 0.2) is 5.38 Å². The molecule has 34 heavy (non-hydrogen) atoms. The molecule has 0 aromatic carbocycles. The maximum Gasteiger partial charge on any atom is 0.290 e. The minimum absolute atomic E-state index is 0.188. The van der Waals surface area contributed by atoms with Crippen molar-refractivity contribution < 1.29 is 24.6 Å². The molecule has 2 aliphatic heterocycles. The molecule has 2 aliphatic rings. The first-order chi connectivity index (χ1) is 16.3. The van der Waals surface area contributed by atoms with Gasteiger partial charge >= 0.3 is 0 Å². The molecule has 0 spiro atoms. The Bertz CT molecular complexity index is 716. The molecule has 3 rings (SSSR count). The van der Waals surface area contributed by atoms with E-state index in [1.54, 1.807) is 11.3 Å². The molecule has 1 aromatic heterocycles. The van der Waals surface area contributed by atoms with E-state index in [2.05, 4.69) is 46.3 Å². The van der Waals surface area contributed by atoms with Gasteiger partial charge in [-0.05, 0) is 65.5 Å². The standard InChI is InChI=1S/C22H38N4OS.2CH2O2/c1-5-18-14-26(20-8-11-25(12-9-20)16(2)3)13-10-21(18)24-22(27)7-6-19-15-28-17(4)23-19;2*2-1-3/h15-16,18,20-21H,5-14H2,1-4H3,(H,24,27);2*1H,(H,2,3)/t18-,21+;;/m1../s1. The predicted molar refractivity (Wildman–Crippen MR) is 134 cm³/mol. The van der Waals surface area contributed by atoms with Crippen LogP contribution in [0.1, 0.15) is 63.6 Å². The number of aryl methyl sites for hydroxylation is 2. The van der Waals surface area contributed by atoms with Crippen LogP contribution >= 0.6 is 11.3 Å². The van der Waals surface area contributed by atoms with Gasteiger partial charge in [0.2, 0.25) is 5.91 Å². The van der Waals surface area contributed by atoms with Crippen LogP contribution in [-0.2, 0) is 20.8 Å². The number of rotatable bonds is 7. The lowest BCUT2D eigenvalue weighted by Gasteiger charge is -2.45. The molecule has 3 N–H and O–H groups in total. The minimum atomic E-state index is -0.250. The van der Waals surface area contributed by atoms with Gasteiger partial charge in [0.15, 0.2) is 0 Å². The number of thiazole rings is 1. The van der Waals surface area contributed by atoms with E-state index < -0.39 is 0 Å². The summed E-state index contributed by atoms with van der Waals surface area (Å²) in [6, 6.07) is 1.73. The topological polar surface area (TPSA) is 123 Å². The van der Waals surface area contributed by atoms with E-state index in [0.717, 1.165) is 49.1 Å². The molecule has 0 bridgehead atoms. The Morgan fingerprint density at radius 2 is 1.82 bits per heavy atom. The summed E-state index contributed by atoms with van der Waals surface area (Å²) in [6.45, 7) is 13.1. The van der Waals surface area contributed by atoms with Crippen molar-refractivity contribution in [1.29, 1.82) is 0 Å². The van der Waals surface area contributed by atoms with Crippen LogP contribution in [0.25, 0.3) is 0 Å². The Labute approximate surface area is 207 Å². The van der Waals surface area contributed by atoms with Gasteiger partial charge in [-0.15, -0.1) is 11.3 Å². The van der Waals surface area contributed by atoms with Crippen LogP contribution in [-0.4, -0.2) is 88.2 Å². The second-order valence-corrected chi connectivity index (χ2v) is 10.1. The fourth-order valence-corrected chi connectivity index (χ4v) is 5.45. The fraction of sp³-hybridized carbons (Fsp3) is 0.750. The summed E-state index contributed by atoms with van der Waals surface area (Å²) in [6.07, 6.45) is 6.10. The zero-order valence-corrected chi connectivity index (χ0v) is 21.8. The normalized spacial score (nSPS) is 21.6. The molecule has 2 atom stereocenters. The quantitative estimate of drug-likeness (QED) is 0.491. The maximum atomic E-state index is 12.5. The van der Waals surface area contributed by atoms with E-state index in [1.807, 2.05) is 6.92 Å². The monoisotopic (exact) mass is 498 g/mol. The Morgan fingerprint density at radius 1 is 1.21 bits per heavy atom. The number of aromatic nitrogens is 1. The van der Waals surface area contributed by atoms with Gasteiger partial charge in [0, 0.05) is 43.0 Å². The average Bonchev–Trinajstić information content (AvgIpc) is 3.24. The first-order valence-corrected chi connectivity index (χ1v) is 13.0. The third-order valence-electron chi connectivity index (χ3n) is 6.66. The summed E-state index contributed by atoms with van der Waals surface area (Å²) in [5.74, 6) is 0.759. The maximum absolute atomic E-state index is 12.5. The van der Waals surface area contributed by atoms with Gasteiger partial charge in [0.05, 0.1) is 10.7 Å². The molecule has 2 saturated heterocycles. The van der Waals surface area contributed by atoms with E-state index in [9.17, 15) is 4.79 Å². The molecule has 0 unspecified atom stereocenters. The molecule has 0 aliphatic carbocycles. The Kier molecular flexibility index (Phi) is 14.6. The highest BCUT2D eigenvalue weighted by Gasteiger charge is 2.33. The summed E-state index contributed by atoms with van der Waals surface area (Å²) in [4.78, 5) is 39.0. The van der Waals surface area contributed by atoms with Crippen molar-refractivity contribution >= 4 is 30.2 Å². The number of hydrogen-bond donors (Lipinski definition) is 3. The molecule has 194 valence electrons. The van der Waals surface area contributed by atoms with Crippen molar-refractivity contribution in [2.24, 2.45) is 5.92 Å². The summed E-state index contributed by atoms with van der Waals surface area (Å²) in [5, 5.41) is 20.3. The van der Waals surface area contributed by atoms with Crippen molar-refractivity contribution in [3.63, 3.8) is 0 Å². The first-order valence-electron chi connectivity index (χ1n) is 12.1. The number of carboxylic acid groups (broad SMARTS) is 2. The summed E-state index contributed by atoms with van der Waals surface area (Å²) in [5.41, 5.74) is 1.05. The molecule has 2 fully saturated rings. The molecule has 1 amide bonds. The number of likely N-dealkylation sites (tertiary alicyclic amines) is 2. The van der Waals surface area contributed by atoms with Crippen LogP contribution < -0.4 is 5.32 Å². The molecule has 3 heterocycles. The average molecular weight is 499 g/mol.